The number of benzene rings is 1. The molecular formula is C13H18N2O3. The Balaban J connectivity index is 2.14. The average Bonchev–Trinajstić information content (AvgIpc) is 2.66. The predicted molar refractivity (Wildman–Crippen MR) is 68.4 cm³/mol. The second-order valence-electron chi connectivity index (χ2n) is 4.99. The Morgan fingerprint density at radius 3 is 2.89 bits per heavy atom. The molecule has 1 amide bonds. The maximum atomic E-state index is 12.2. The Bertz CT molecular complexity index is 475. The lowest BCUT2D eigenvalue weighted by Crippen LogP contribution is -2.47. The molecule has 0 bridgehead atoms. The molecule has 1 saturated heterocycles. The molecule has 0 spiro atoms. The van der Waals surface area contributed by atoms with Crippen molar-refractivity contribution >= 4 is 11.6 Å². The Kier molecular flexibility index (Phi) is 3.28. The van der Waals surface area contributed by atoms with E-state index in [2.05, 4.69) is 5.32 Å². The highest BCUT2D eigenvalue weighted by Gasteiger charge is 2.44. The minimum absolute atomic E-state index is 0.157. The zero-order valence-electron chi connectivity index (χ0n) is 10.6. The fourth-order valence-electron chi connectivity index (χ4n) is 1.88. The van der Waals surface area contributed by atoms with Crippen LogP contribution >= 0.6 is 0 Å². The topological polar surface area (TPSA) is 84.6 Å². The molecule has 2 atom stereocenters. The summed E-state index contributed by atoms with van der Waals surface area (Å²) >= 11 is 0. The smallest absolute Gasteiger partial charge is 0.234 e. The van der Waals surface area contributed by atoms with E-state index >= 15 is 0 Å². The van der Waals surface area contributed by atoms with Crippen molar-refractivity contribution < 1.29 is 14.6 Å². The van der Waals surface area contributed by atoms with E-state index in [0.29, 0.717) is 18.9 Å². The third-order valence-electron chi connectivity index (χ3n) is 3.50. The fraction of sp³-hybridized carbons (Fsp3) is 0.462. The first kappa shape index (κ1) is 12.9. The lowest BCUT2D eigenvalue weighted by atomic mass is 9.85. The number of hydrogen-bond donors (Lipinski definition) is 3. The van der Waals surface area contributed by atoms with Gasteiger partial charge in [-0.25, -0.2) is 0 Å². The molecule has 18 heavy (non-hydrogen) atoms. The van der Waals surface area contributed by atoms with E-state index in [1.165, 1.54) is 6.07 Å². The van der Waals surface area contributed by atoms with Gasteiger partial charge in [-0.15, -0.1) is 0 Å². The molecule has 98 valence electrons. The van der Waals surface area contributed by atoms with Crippen molar-refractivity contribution in [2.45, 2.75) is 19.9 Å². The zero-order valence-corrected chi connectivity index (χ0v) is 10.6. The number of nitrogens with one attached hydrogen (secondary N) is 1. The first-order chi connectivity index (χ1) is 8.43. The van der Waals surface area contributed by atoms with Crippen molar-refractivity contribution in [1.82, 2.24) is 0 Å². The second-order valence-corrected chi connectivity index (χ2v) is 4.99. The van der Waals surface area contributed by atoms with Gasteiger partial charge in [0, 0.05) is 17.8 Å². The van der Waals surface area contributed by atoms with Gasteiger partial charge < -0.3 is 20.9 Å². The van der Waals surface area contributed by atoms with Crippen molar-refractivity contribution in [2.24, 2.45) is 11.1 Å². The van der Waals surface area contributed by atoms with Gasteiger partial charge in [-0.2, -0.15) is 0 Å². The molecule has 0 saturated carbocycles. The summed E-state index contributed by atoms with van der Waals surface area (Å²) in [6.07, 6.45) is 0. The summed E-state index contributed by atoms with van der Waals surface area (Å²) in [7, 11) is 0. The number of ether oxygens (including phenoxy) is 1. The number of carbonyl (C=O) groups excluding carboxylic acids is 1. The average molecular weight is 250 g/mol. The summed E-state index contributed by atoms with van der Waals surface area (Å²) < 4.78 is 5.24. The van der Waals surface area contributed by atoms with Crippen LogP contribution in [0, 0.1) is 12.3 Å². The maximum Gasteiger partial charge on any atom is 0.234 e. The second kappa shape index (κ2) is 4.59. The van der Waals surface area contributed by atoms with Crippen molar-refractivity contribution in [2.75, 3.05) is 18.5 Å². The molecule has 4 N–H and O–H groups in total. The predicted octanol–water partition coefficient (Wildman–Crippen LogP) is 1.00. The van der Waals surface area contributed by atoms with Gasteiger partial charge in [0.15, 0.2) is 0 Å². The molecule has 1 heterocycles. The van der Waals surface area contributed by atoms with Crippen LogP contribution in [0.5, 0.6) is 5.75 Å². The van der Waals surface area contributed by atoms with E-state index in [9.17, 15) is 9.90 Å². The normalized spacial score (nSPS) is 27.2. The molecule has 5 nitrogen and oxygen atoms in total. The zero-order chi connectivity index (χ0) is 13.3. The van der Waals surface area contributed by atoms with Gasteiger partial charge in [0.05, 0.1) is 18.6 Å². The van der Waals surface area contributed by atoms with Gasteiger partial charge >= 0.3 is 0 Å². The molecule has 1 aliphatic rings. The number of phenols is 1. The van der Waals surface area contributed by atoms with Gasteiger partial charge in [-0.3, -0.25) is 4.79 Å². The van der Waals surface area contributed by atoms with E-state index in [1.807, 2.05) is 0 Å². The summed E-state index contributed by atoms with van der Waals surface area (Å²) in [5.41, 5.74) is 6.49. The monoisotopic (exact) mass is 250 g/mol. The van der Waals surface area contributed by atoms with Crippen molar-refractivity contribution in [3.63, 3.8) is 0 Å². The lowest BCUT2D eigenvalue weighted by Gasteiger charge is -2.25. The van der Waals surface area contributed by atoms with Gasteiger partial charge in [-0.1, -0.05) is 6.07 Å². The lowest BCUT2D eigenvalue weighted by molar-refractivity contribution is -0.125. The molecule has 0 radical (unpaired) electrons. The summed E-state index contributed by atoms with van der Waals surface area (Å²) in [5.74, 6) is -0.0272. The Morgan fingerprint density at radius 1 is 1.61 bits per heavy atom. The third-order valence-corrected chi connectivity index (χ3v) is 3.50. The Morgan fingerprint density at radius 2 is 2.33 bits per heavy atom. The van der Waals surface area contributed by atoms with Gasteiger partial charge in [0.1, 0.15) is 5.75 Å². The number of phenolic OH excluding ortho intramolecular Hbond substituents is 1. The first-order valence-corrected chi connectivity index (χ1v) is 5.88. The summed E-state index contributed by atoms with van der Waals surface area (Å²) in [4.78, 5) is 12.2. The Hall–Kier alpha value is -1.59. The maximum absolute atomic E-state index is 12.2. The number of rotatable bonds is 2. The number of aryl methyl sites for hydroxylation is 1. The van der Waals surface area contributed by atoms with E-state index < -0.39 is 5.41 Å². The molecule has 1 aromatic carbocycles. The molecule has 1 fully saturated rings. The van der Waals surface area contributed by atoms with Crippen LogP contribution in [0.4, 0.5) is 5.69 Å². The minimum Gasteiger partial charge on any atom is -0.508 e. The van der Waals surface area contributed by atoms with Crippen molar-refractivity contribution in [3.05, 3.63) is 23.8 Å². The van der Waals surface area contributed by atoms with Crippen LogP contribution in [0.15, 0.2) is 18.2 Å². The summed E-state index contributed by atoms with van der Waals surface area (Å²) in [6, 6.07) is 4.71. The van der Waals surface area contributed by atoms with Gasteiger partial charge in [0.2, 0.25) is 5.91 Å². The van der Waals surface area contributed by atoms with E-state index in [1.54, 1.807) is 26.0 Å². The standard InChI is InChI=1S/C13H18N2O3/c1-8-3-4-9(5-10(8)16)15-12(17)13(2)7-18-6-11(13)14/h3-5,11,16H,6-7,14H2,1-2H3,(H,15,17). The van der Waals surface area contributed by atoms with Crippen LogP contribution in [-0.2, 0) is 9.53 Å². The number of anilines is 1. The molecule has 2 rings (SSSR count). The first-order valence-electron chi connectivity index (χ1n) is 5.88. The number of hydrogen-bond acceptors (Lipinski definition) is 4. The van der Waals surface area contributed by atoms with Crippen molar-refractivity contribution in [1.29, 1.82) is 0 Å². The van der Waals surface area contributed by atoms with E-state index in [-0.39, 0.29) is 17.7 Å². The number of carbonyl (C=O) groups is 1. The minimum atomic E-state index is -0.722. The third kappa shape index (κ3) is 2.19. The highest BCUT2D eigenvalue weighted by Crippen LogP contribution is 2.29. The van der Waals surface area contributed by atoms with Crippen LogP contribution in [0.1, 0.15) is 12.5 Å². The van der Waals surface area contributed by atoms with Crippen LogP contribution in [0.2, 0.25) is 0 Å². The number of aromatic hydroxyl groups is 1. The highest BCUT2D eigenvalue weighted by molar-refractivity contribution is 5.96. The largest absolute Gasteiger partial charge is 0.508 e. The van der Waals surface area contributed by atoms with E-state index in [4.69, 9.17) is 10.5 Å². The van der Waals surface area contributed by atoms with Crippen LogP contribution in [0.3, 0.4) is 0 Å². The summed E-state index contributed by atoms with van der Waals surface area (Å²) in [5, 5.41) is 12.4. The molecular weight excluding hydrogens is 232 g/mol. The highest BCUT2D eigenvalue weighted by atomic mass is 16.5. The Labute approximate surface area is 106 Å². The van der Waals surface area contributed by atoms with Gasteiger partial charge in [-0.05, 0) is 25.5 Å². The van der Waals surface area contributed by atoms with E-state index in [0.717, 1.165) is 5.56 Å². The van der Waals surface area contributed by atoms with Crippen molar-refractivity contribution in [3.8, 4) is 5.75 Å². The van der Waals surface area contributed by atoms with Gasteiger partial charge in [0.25, 0.3) is 0 Å². The van der Waals surface area contributed by atoms with Crippen LogP contribution in [-0.4, -0.2) is 30.3 Å². The molecule has 2 unspecified atom stereocenters. The summed E-state index contributed by atoms with van der Waals surface area (Å²) in [6.45, 7) is 4.29. The molecule has 1 aliphatic heterocycles. The quantitative estimate of drug-likeness (QED) is 0.731. The van der Waals surface area contributed by atoms with Crippen LogP contribution in [0.25, 0.3) is 0 Å². The number of amides is 1. The molecule has 0 aliphatic carbocycles. The SMILES string of the molecule is Cc1ccc(NC(=O)C2(C)COCC2N)cc1O. The molecule has 0 aromatic heterocycles. The molecule has 1 aromatic rings. The molecule has 5 heteroatoms. The number of nitrogens with two attached hydrogens (primary N) is 1. The van der Waals surface area contributed by atoms with Crippen LogP contribution < -0.4 is 11.1 Å². The fourth-order valence-corrected chi connectivity index (χ4v) is 1.88.